The van der Waals surface area contributed by atoms with Gasteiger partial charge in [0.1, 0.15) is 0 Å². The standard InChI is InChI=1S/C25H26N2O2S2/c1-18-21-11-10-20(31(28,29)27-13-6-3-7-14-27)17-25(21)30-24(18)16-19-12-15-26(2)23-9-5-4-8-22(19)23/h4-5,8-12,15-17H,3,6-7,13-14H2,1-2H3. The number of aryl methyl sites for hydroxylation is 1. The Balaban J connectivity index is 1.55. The molecular weight excluding hydrogens is 424 g/mol. The van der Waals surface area contributed by atoms with Gasteiger partial charge in [-0.2, -0.15) is 4.31 Å². The molecule has 0 unspecified atom stereocenters. The second-order valence-electron chi connectivity index (χ2n) is 8.26. The zero-order valence-electron chi connectivity index (χ0n) is 17.8. The average Bonchev–Trinajstić information content (AvgIpc) is 3.11. The number of para-hydroxylation sites is 1. The van der Waals surface area contributed by atoms with E-state index in [9.17, 15) is 8.42 Å². The third kappa shape index (κ3) is 3.63. The Labute approximate surface area is 188 Å². The first-order valence-electron chi connectivity index (χ1n) is 10.7. The Morgan fingerprint density at radius 2 is 1.81 bits per heavy atom. The molecule has 0 amide bonds. The van der Waals surface area contributed by atoms with Gasteiger partial charge in [-0.25, -0.2) is 8.42 Å². The van der Waals surface area contributed by atoms with Crippen molar-refractivity contribution in [3.05, 3.63) is 70.7 Å². The van der Waals surface area contributed by atoms with Crippen LogP contribution < -0.4 is 4.90 Å². The lowest BCUT2D eigenvalue weighted by atomic mass is 9.99. The van der Waals surface area contributed by atoms with Crippen molar-refractivity contribution in [2.45, 2.75) is 31.1 Å². The molecule has 1 aromatic heterocycles. The van der Waals surface area contributed by atoms with Crippen LogP contribution in [0.3, 0.4) is 0 Å². The lowest BCUT2D eigenvalue weighted by molar-refractivity contribution is 0.346. The van der Waals surface area contributed by atoms with Gasteiger partial charge in [0, 0.05) is 47.2 Å². The van der Waals surface area contributed by atoms with Gasteiger partial charge in [0.05, 0.1) is 4.90 Å². The molecule has 0 bridgehead atoms. The number of hydrogen-bond acceptors (Lipinski definition) is 4. The fourth-order valence-electron chi connectivity index (χ4n) is 4.43. The van der Waals surface area contributed by atoms with Crippen LogP contribution in [-0.2, 0) is 10.0 Å². The second kappa shape index (κ2) is 7.93. The van der Waals surface area contributed by atoms with Crippen LogP contribution in [0.25, 0.3) is 21.7 Å². The zero-order chi connectivity index (χ0) is 21.6. The molecule has 1 saturated heterocycles. The van der Waals surface area contributed by atoms with Gasteiger partial charge in [-0.1, -0.05) is 30.7 Å². The van der Waals surface area contributed by atoms with Crippen molar-refractivity contribution < 1.29 is 8.42 Å². The summed E-state index contributed by atoms with van der Waals surface area (Å²) in [5.41, 5.74) is 4.76. The number of hydrogen-bond donors (Lipinski definition) is 0. The van der Waals surface area contributed by atoms with Crippen LogP contribution in [0.1, 0.15) is 35.3 Å². The van der Waals surface area contributed by atoms with Crippen LogP contribution in [0.4, 0.5) is 5.69 Å². The topological polar surface area (TPSA) is 40.6 Å². The van der Waals surface area contributed by atoms with E-state index in [2.05, 4.69) is 61.5 Å². The molecule has 0 saturated carbocycles. The molecule has 0 N–H and O–H groups in total. The molecule has 2 aliphatic rings. The Morgan fingerprint density at radius 3 is 2.61 bits per heavy atom. The minimum Gasteiger partial charge on any atom is -0.351 e. The first-order valence-corrected chi connectivity index (χ1v) is 13.0. The summed E-state index contributed by atoms with van der Waals surface area (Å²) in [4.78, 5) is 3.70. The minimum absolute atomic E-state index is 0.409. The predicted molar refractivity (Wildman–Crippen MR) is 131 cm³/mol. The first-order chi connectivity index (χ1) is 14.9. The number of rotatable bonds is 3. The molecular formula is C25H26N2O2S2. The quantitative estimate of drug-likeness (QED) is 0.500. The Bertz CT molecular complexity index is 1310. The van der Waals surface area contributed by atoms with Crippen LogP contribution >= 0.6 is 11.3 Å². The second-order valence-corrected chi connectivity index (χ2v) is 11.3. The van der Waals surface area contributed by atoms with Gasteiger partial charge < -0.3 is 4.90 Å². The van der Waals surface area contributed by atoms with E-state index in [4.69, 9.17) is 0 Å². The van der Waals surface area contributed by atoms with Gasteiger partial charge in [0.2, 0.25) is 10.0 Å². The number of piperidine rings is 1. The fraction of sp³-hybridized carbons (Fsp3) is 0.280. The molecule has 4 nitrogen and oxygen atoms in total. The van der Waals surface area contributed by atoms with Gasteiger partial charge in [-0.15, -0.1) is 11.3 Å². The van der Waals surface area contributed by atoms with E-state index in [1.807, 2.05) is 12.1 Å². The number of fused-ring (bicyclic) bond motifs is 2. The van der Waals surface area contributed by atoms with Crippen molar-refractivity contribution in [2.24, 2.45) is 0 Å². The predicted octanol–water partition coefficient (Wildman–Crippen LogP) is 5.89. The maximum atomic E-state index is 13.1. The molecule has 2 aromatic carbocycles. The van der Waals surface area contributed by atoms with Crippen molar-refractivity contribution in [2.75, 3.05) is 25.0 Å². The molecule has 3 heterocycles. The summed E-state index contributed by atoms with van der Waals surface area (Å²) in [6, 6.07) is 14.0. The molecule has 2 aliphatic heterocycles. The molecule has 3 aromatic rings. The Kier molecular flexibility index (Phi) is 5.24. The zero-order valence-corrected chi connectivity index (χ0v) is 19.5. The number of sulfonamides is 1. The highest BCUT2D eigenvalue weighted by Gasteiger charge is 2.26. The number of anilines is 1. The van der Waals surface area contributed by atoms with Crippen LogP contribution in [0.15, 0.2) is 59.6 Å². The molecule has 5 rings (SSSR count). The number of allylic oxidation sites excluding steroid dienone is 2. The van der Waals surface area contributed by atoms with Crippen LogP contribution in [0, 0.1) is 6.92 Å². The minimum atomic E-state index is -3.42. The van der Waals surface area contributed by atoms with Gasteiger partial charge in [0.15, 0.2) is 0 Å². The maximum absolute atomic E-state index is 13.1. The van der Waals surface area contributed by atoms with Crippen molar-refractivity contribution >= 4 is 48.8 Å². The van der Waals surface area contributed by atoms with Crippen molar-refractivity contribution in [1.29, 1.82) is 0 Å². The molecule has 6 heteroatoms. The smallest absolute Gasteiger partial charge is 0.243 e. The largest absolute Gasteiger partial charge is 0.351 e. The summed E-state index contributed by atoms with van der Waals surface area (Å²) in [5, 5.41) is 1.12. The maximum Gasteiger partial charge on any atom is 0.243 e. The summed E-state index contributed by atoms with van der Waals surface area (Å²) in [7, 11) is -1.37. The first kappa shape index (κ1) is 20.5. The molecule has 0 spiro atoms. The molecule has 0 atom stereocenters. The highest BCUT2D eigenvalue weighted by Crippen LogP contribution is 2.38. The summed E-state index contributed by atoms with van der Waals surface area (Å²) < 4.78 is 28.9. The van der Waals surface area contributed by atoms with E-state index in [0.717, 1.165) is 29.3 Å². The monoisotopic (exact) mass is 450 g/mol. The molecule has 160 valence electrons. The summed E-state index contributed by atoms with van der Waals surface area (Å²) in [6.07, 6.45) is 9.45. The molecule has 0 aliphatic carbocycles. The Hall–Kier alpha value is -2.41. The number of nitrogens with zero attached hydrogens (tertiary/aromatic N) is 2. The third-order valence-electron chi connectivity index (χ3n) is 6.26. The summed E-state index contributed by atoms with van der Waals surface area (Å²) in [5.74, 6) is 0. The van der Waals surface area contributed by atoms with Gasteiger partial charge >= 0.3 is 0 Å². The van der Waals surface area contributed by atoms with Gasteiger partial charge in [-0.3, -0.25) is 0 Å². The SMILES string of the molecule is Cc1c(C=C2C=CN(C)c3ccccc32)sc2cc(S(=O)(=O)N3CCCCC3)ccc12. The summed E-state index contributed by atoms with van der Waals surface area (Å²) in [6.45, 7) is 3.37. The molecule has 0 radical (unpaired) electrons. The van der Waals surface area contributed by atoms with Gasteiger partial charge in [-0.05, 0) is 66.6 Å². The highest BCUT2D eigenvalue weighted by atomic mass is 32.2. The van der Waals surface area contributed by atoms with Gasteiger partial charge in [0.25, 0.3) is 0 Å². The van der Waals surface area contributed by atoms with E-state index < -0.39 is 10.0 Å². The van der Waals surface area contributed by atoms with E-state index in [0.29, 0.717) is 18.0 Å². The van der Waals surface area contributed by atoms with E-state index in [1.54, 1.807) is 21.7 Å². The molecule has 1 fully saturated rings. The van der Waals surface area contributed by atoms with Crippen LogP contribution in [-0.4, -0.2) is 32.9 Å². The highest BCUT2D eigenvalue weighted by molar-refractivity contribution is 7.89. The number of thiophene rings is 1. The summed E-state index contributed by atoms with van der Waals surface area (Å²) >= 11 is 1.66. The lowest BCUT2D eigenvalue weighted by Crippen LogP contribution is -2.35. The third-order valence-corrected chi connectivity index (χ3v) is 9.36. The normalized spacial score (nSPS) is 18.6. The van der Waals surface area contributed by atoms with Crippen molar-refractivity contribution in [1.82, 2.24) is 4.31 Å². The van der Waals surface area contributed by atoms with Crippen LogP contribution in [0.2, 0.25) is 0 Å². The molecule has 31 heavy (non-hydrogen) atoms. The van der Waals surface area contributed by atoms with E-state index in [-0.39, 0.29) is 0 Å². The number of benzene rings is 2. The van der Waals surface area contributed by atoms with Crippen molar-refractivity contribution in [3.63, 3.8) is 0 Å². The Morgan fingerprint density at radius 1 is 1.03 bits per heavy atom. The van der Waals surface area contributed by atoms with Crippen molar-refractivity contribution in [3.8, 4) is 0 Å². The fourth-order valence-corrected chi connectivity index (χ4v) is 7.25. The average molecular weight is 451 g/mol. The van der Waals surface area contributed by atoms with Crippen LogP contribution in [0.5, 0.6) is 0 Å². The van der Waals surface area contributed by atoms with E-state index in [1.165, 1.54) is 27.3 Å². The van der Waals surface area contributed by atoms with E-state index >= 15 is 0 Å². The lowest BCUT2D eigenvalue weighted by Gasteiger charge is -2.25.